The highest BCUT2D eigenvalue weighted by Crippen LogP contribution is 2.27. The molecule has 1 aromatic heterocycles. The normalized spacial score (nSPS) is 11.1. The molecule has 1 aromatic carbocycles. The standard InChI is InChI=1S/C18H23N5O/c1-24-18-9-16(4-5-17(18)15(10-19)11-20)23-8-7-22-13-14-3-2-6-21-12-14/h2-6,9-12,19,22-23H,7-8,13,20H2,1H3/b15-11+,19-10?. The van der Waals surface area contributed by atoms with Crippen LogP contribution in [0, 0.1) is 5.41 Å². The number of nitrogens with zero attached hydrogens (tertiary/aromatic N) is 1. The average molecular weight is 325 g/mol. The van der Waals surface area contributed by atoms with Gasteiger partial charge in [-0.25, -0.2) is 0 Å². The summed E-state index contributed by atoms with van der Waals surface area (Å²) in [4.78, 5) is 4.09. The van der Waals surface area contributed by atoms with Gasteiger partial charge in [-0.1, -0.05) is 6.07 Å². The lowest BCUT2D eigenvalue weighted by Crippen LogP contribution is -2.21. The topological polar surface area (TPSA) is 96.0 Å². The van der Waals surface area contributed by atoms with Crippen LogP contribution in [0.3, 0.4) is 0 Å². The predicted octanol–water partition coefficient (Wildman–Crippen LogP) is 2.24. The van der Waals surface area contributed by atoms with Crippen LogP contribution in [0.25, 0.3) is 5.57 Å². The molecule has 2 aromatic rings. The van der Waals surface area contributed by atoms with Crippen LogP contribution in [0.2, 0.25) is 0 Å². The zero-order valence-electron chi connectivity index (χ0n) is 13.8. The monoisotopic (exact) mass is 325 g/mol. The fraction of sp³-hybridized carbons (Fsp3) is 0.222. The van der Waals surface area contributed by atoms with Crippen LogP contribution in [0.1, 0.15) is 11.1 Å². The van der Waals surface area contributed by atoms with E-state index in [9.17, 15) is 0 Å². The number of ether oxygens (including phenoxy) is 1. The molecule has 6 heteroatoms. The van der Waals surface area contributed by atoms with Crippen molar-refractivity contribution in [3.8, 4) is 5.75 Å². The molecule has 1 heterocycles. The SMILES string of the molecule is COc1cc(NCCNCc2cccnc2)ccc1/C(C=N)=C/N. The second-order valence-electron chi connectivity index (χ2n) is 5.15. The molecule has 0 radical (unpaired) electrons. The van der Waals surface area contributed by atoms with E-state index >= 15 is 0 Å². The van der Waals surface area contributed by atoms with Crippen LogP contribution in [0.15, 0.2) is 48.9 Å². The van der Waals surface area contributed by atoms with Crippen molar-refractivity contribution in [2.75, 3.05) is 25.5 Å². The Hall–Kier alpha value is -2.86. The highest BCUT2D eigenvalue weighted by molar-refractivity contribution is 6.09. The predicted molar refractivity (Wildman–Crippen MR) is 98.4 cm³/mol. The Balaban J connectivity index is 1.85. The number of pyridine rings is 1. The molecule has 0 fully saturated rings. The van der Waals surface area contributed by atoms with Crippen LogP contribution in [-0.4, -0.2) is 31.4 Å². The molecule has 0 amide bonds. The Kier molecular flexibility index (Phi) is 6.79. The number of aromatic nitrogens is 1. The molecule has 5 N–H and O–H groups in total. The van der Waals surface area contributed by atoms with Crippen LogP contribution < -0.4 is 21.1 Å². The number of hydrogen-bond acceptors (Lipinski definition) is 6. The quantitative estimate of drug-likeness (QED) is 0.419. The van der Waals surface area contributed by atoms with Gasteiger partial charge in [-0.2, -0.15) is 0 Å². The largest absolute Gasteiger partial charge is 0.496 e. The van der Waals surface area contributed by atoms with Crippen molar-refractivity contribution in [1.82, 2.24) is 10.3 Å². The van der Waals surface area contributed by atoms with Crippen molar-refractivity contribution in [3.63, 3.8) is 0 Å². The van der Waals surface area contributed by atoms with Crippen molar-refractivity contribution in [2.24, 2.45) is 5.73 Å². The molecule has 2 rings (SSSR count). The smallest absolute Gasteiger partial charge is 0.128 e. The van der Waals surface area contributed by atoms with E-state index in [1.807, 2.05) is 36.5 Å². The number of methoxy groups -OCH3 is 1. The molecule has 6 nitrogen and oxygen atoms in total. The second-order valence-corrected chi connectivity index (χ2v) is 5.15. The Bertz CT molecular complexity index is 685. The molecule has 126 valence electrons. The lowest BCUT2D eigenvalue weighted by Gasteiger charge is -2.13. The zero-order chi connectivity index (χ0) is 17.2. The Morgan fingerprint density at radius 2 is 2.21 bits per heavy atom. The number of anilines is 1. The first-order valence-corrected chi connectivity index (χ1v) is 7.72. The molecular formula is C18H23N5O. The maximum Gasteiger partial charge on any atom is 0.128 e. The van der Waals surface area contributed by atoms with E-state index in [2.05, 4.69) is 15.6 Å². The number of hydrogen-bond donors (Lipinski definition) is 4. The lowest BCUT2D eigenvalue weighted by atomic mass is 10.1. The molecule has 0 aliphatic rings. The first-order chi connectivity index (χ1) is 11.8. The summed E-state index contributed by atoms with van der Waals surface area (Å²) in [5.41, 5.74) is 9.09. The van der Waals surface area contributed by atoms with Gasteiger partial charge in [0.05, 0.1) is 7.11 Å². The molecule has 0 bridgehead atoms. The summed E-state index contributed by atoms with van der Waals surface area (Å²) in [6.07, 6.45) is 6.25. The van der Waals surface area contributed by atoms with Gasteiger partial charge in [0.2, 0.25) is 0 Å². The van der Waals surface area contributed by atoms with Crippen molar-refractivity contribution in [1.29, 1.82) is 5.41 Å². The minimum absolute atomic E-state index is 0.622. The molecule has 0 aliphatic heterocycles. The highest BCUT2D eigenvalue weighted by Gasteiger charge is 2.07. The Morgan fingerprint density at radius 3 is 2.88 bits per heavy atom. The zero-order valence-corrected chi connectivity index (χ0v) is 13.8. The Morgan fingerprint density at radius 1 is 1.33 bits per heavy atom. The van der Waals surface area contributed by atoms with Gasteiger partial charge in [0.1, 0.15) is 5.75 Å². The number of benzene rings is 1. The van der Waals surface area contributed by atoms with Crippen LogP contribution >= 0.6 is 0 Å². The van der Waals surface area contributed by atoms with E-state index < -0.39 is 0 Å². The fourth-order valence-electron chi connectivity index (χ4n) is 2.29. The van der Waals surface area contributed by atoms with Crippen molar-refractivity contribution >= 4 is 17.5 Å². The number of allylic oxidation sites excluding steroid dienone is 1. The summed E-state index contributed by atoms with van der Waals surface area (Å²) in [7, 11) is 1.61. The van der Waals surface area contributed by atoms with Crippen molar-refractivity contribution in [2.45, 2.75) is 6.54 Å². The van der Waals surface area contributed by atoms with E-state index in [4.69, 9.17) is 15.9 Å². The number of nitrogens with one attached hydrogen (secondary N) is 3. The highest BCUT2D eigenvalue weighted by atomic mass is 16.5. The lowest BCUT2D eigenvalue weighted by molar-refractivity contribution is 0.414. The molecule has 0 unspecified atom stereocenters. The van der Waals surface area contributed by atoms with Gasteiger partial charge in [-0.05, 0) is 23.8 Å². The first-order valence-electron chi connectivity index (χ1n) is 7.72. The molecule has 0 saturated carbocycles. The van der Waals surface area contributed by atoms with E-state index in [1.165, 1.54) is 12.4 Å². The third kappa shape index (κ3) is 4.82. The summed E-state index contributed by atoms with van der Waals surface area (Å²) >= 11 is 0. The Labute approximate surface area is 142 Å². The maximum absolute atomic E-state index is 7.39. The number of nitrogens with two attached hydrogens (primary N) is 1. The number of rotatable bonds is 9. The fourth-order valence-corrected chi connectivity index (χ4v) is 2.29. The van der Waals surface area contributed by atoms with E-state index in [-0.39, 0.29) is 0 Å². The molecule has 0 aliphatic carbocycles. The summed E-state index contributed by atoms with van der Waals surface area (Å²) < 4.78 is 5.39. The first kappa shape index (κ1) is 17.5. The molecule has 0 saturated heterocycles. The van der Waals surface area contributed by atoms with Gasteiger partial charge in [-0.15, -0.1) is 0 Å². The summed E-state index contributed by atoms with van der Waals surface area (Å²) in [6, 6.07) is 9.73. The van der Waals surface area contributed by atoms with Gasteiger partial charge in [0.15, 0.2) is 0 Å². The van der Waals surface area contributed by atoms with Gasteiger partial charge in [0.25, 0.3) is 0 Å². The van der Waals surface area contributed by atoms with Gasteiger partial charge in [0, 0.05) is 67.3 Å². The summed E-state index contributed by atoms with van der Waals surface area (Å²) in [5.74, 6) is 0.684. The van der Waals surface area contributed by atoms with E-state index in [0.717, 1.165) is 36.4 Å². The third-order valence-corrected chi connectivity index (χ3v) is 3.53. The minimum Gasteiger partial charge on any atom is -0.496 e. The molecular weight excluding hydrogens is 302 g/mol. The van der Waals surface area contributed by atoms with Crippen LogP contribution in [-0.2, 0) is 6.54 Å². The molecule has 24 heavy (non-hydrogen) atoms. The molecule has 0 atom stereocenters. The van der Waals surface area contributed by atoms with Crippen molar-refractivity contribution in [3.05, 3.63) is 60.1 Å². The van der Waals surface area contributed by atoms with Crippen LogP contribution in [0.4, 0.5) is 5.69 Å². The van der Waals surface area contributed by atoms with Gasteiger partial charge in [-0.3, -0.25) is 4.98 Å². The summed E-state index contributed by atoms with van der Waals surface area (Å²) in [6.45, 7) is 2.40. The minimum atomic E-state index is 0.622. The summed E-state index contributed by atoms with van der Waals surface area (Å²) in [5, 5.41) is 14.1. The second kappa shape index (κ2) is 9.32. The van der Waals surface area contributed by atoms with E-state index in [0.29, 0.717) is 11.3 Å². The van der Waals surface area contributed by atoms with Gasteiger partial charge >= 0.3 is 0 Å². The third-order valence-electron chi connectivity index (χ3n) is 3.53. The van der Waals surface area contributed by atoms with Crippen molar-refractivity contribution < 1.29 is 4.74 Å². The maximum atomic E-state index is 7.39. The molecule has 0 spiro atoms. The van der Waals surface area contributed by atoms with Gasteiger partial charge < -0.3 is 26.5 Å². The van der Waals surface area contributed by atoms with Crippen LogP contribution in [0.5, 0.6) is 5.75 Å². The van der Waals surface area contributed by atoms with E-state index in [1.54, 1.807) is 13.3 Å². The average Bonchev–Trinajstić information content (AvgIpc) is 2.64.